The summed E-state index contributed by atoms with van der Waals surface area (Å²) < 4.78 is 5.20. The van der Waals surface area contributed by atoms with Gasteiger partial charge in [-0.25, -0.2) is 4.79 Å². The average Bonchev–Trinajstić information content (AvgIpc) is 2.48. The molecular formula is C19H24N2O3. The van der Waals surface area contributed by atoms with Crippen molar-refractivity contribution in [3.63, 3.8) is 0 Å². The molecule has 1 atom stereocenters. The number of alkyl carbamates (subject to hydrolysis) is 1. The molecule has 0 saturated heterocycles. The second kappa shape index (κ2) is 8.30. The van der Waals surface area contributed by atoms with Gasteiger partial charge in [0, 0.05) is 0 Å². The van der Waals surface area contributed by atoms with E-state index in [-0.39, 0.29) is 11.7 Å². The molecule has 0 aliphatic carbocycles. The van der Waals surface area contributed by atoms with Crippen LogP contribution >= 0.6 is 0 Å². The van der Waals surface area contributed by atoms with Crippen LogP contribution in [-0.4, -0.2) is 23.5 Å². The van der Waals surface area contributed by atoms with E-state index in [0.717, 1.165) is 5.56 Å². The molecule has 1 aromatic carbocycles. The molecule has 5 nitrogen and oxygen atoms in total. The first-order valence-electron chi connectivity index (χ1n) is 7.84. The summed E-state index contributed by atoms with van der Waals surface area (Å²) in [6, 6.07) is 8.32. The van der Waals surface area contributed by atoms with Gasteiger partial charge in [0.2, 0.25) is 0 Å². The first-order chi connectivity index (χ1) is 11.1. The van der Waals surface area contributed by atoms with Crippen molar-refractivity contribution < 1.29 is 14.3 Å². The number of nitrogens with one attached hydrogen (secondary N) is 1. The summed E-state index contributed by atoms with van der Waals surface area (Å²) in [6.07, 6.45) is 2.43. The van der Waals surface area contributed by atoms with Gasteiger partial charge in [-0.05, 0) is 50.5 Å². The number of hydrogen-bond acceptors (Lipinski definition) is 4. The second-order valence-electron chi connectivity index (χ2n) is 6.84. The Balaban J connectivity index is 2.81. The van der Waals surface area contributed by atoms with Gasteiger partial charge >= 0.3 is 6.09 Å². The fraction of sp³-hybridized carbons (Fsp3) is 0.421. The normalized spacial score (nSPS) is 12.7. The van der Waals surface area contributed by atoms with E-state index >= 15 is 0 Å². The summed E-state index contributed by atoms with van der Waals surface area (Å²) in [5.74, 6) is -0.307. The molecule has 0 saturated carbocycles. The minimum absolute atomic E-state index is 0.0832. The Kier molecular flexibility index (Phi) is 6.72. The van der Waals surface area contributed by atoms with Gasteiger partial charge in [-0.2, -0.15) is 5.26 Å². The lowest BCUT2D eigenvalue weighted by atomic mass is 9.99. The van der Waals surface area contributed by atoms with E-state index in [4.69, 9.17) is 10.00 Å². The fourth-order valence-electron chi connectivity index (χ4n) is 1.99. The van der Waals surface area contributed by atoms with Crippen molar-refractivity contribution in [1.82, 2.24) is 5.32 Å². The van der Waals surface area contributed by atoms with Crippen LogP contribution in [0, 0.1) is 17.2 Å². The maximum absolute atomic E-state index is 12.4. The molecule has 0 fully saturated rings. The maximum atomic E-state index is 12.4. The highest BCUT2D eigenvalue weighted by Crippen LogP contribution is 2.11. The third kappa shape index (κ3) is 6.66. The van der Waals surface area contributed by atoms with Crippen LogP contribution in [0.25, 0.3) is 6.08 Å². The third-order valence-corrected chi connectivity index (χ3v) is 3.10. The summed E-state index contributed by atoms with van der Waals surface area (Å²) in [4.78, 5) is 24.3. The molecule has 0 aliphatic rings. The van der Waals surface area contributed by atoms with E-state index in [1.54, 1.807) is 51.1 Å². The maximum Gasteiger partial charge on any atom is 0.408 e. The van der Waals surface area contributed by atoms with E-state index in [2.05, 4.69) is 11.4 Å². The average molecular weight is 328 g/mol. The summed E-state index contributed by atoms with van der Waals surface area (Å²) in [7, 11) is 0. The molecule has 5 heteroatoms. The minimum Gasteiger partial charge on any atom is -0.444 e. The van der Waals surface area contributed by atoms with Gasteiger partial charge in [0.25, 0.3) is 0 Å². The SMILES string of the molecule is CC(C)[C@@H](NC(=O)OC(C)(C)C)C(=O)C=Cc1cccc(C#N)c1. The van der Waals surface area contributed by atoms with Crippen LogP contribution in [0.1, 0.15) is 45.7 Å². The molecule has 1 N–H and O–H groups in total. The van der Waals surface area contributed by atoms with Crippen molar-refractivity contribution in [2.24, 2.45) is 5.92 Å². The Labute approximate surface area is 143 Å². The monoisotopic (exact) mass is 328 g/mol. The first-order valence-corrected chi connectivity index (χ1v) is 7.84. The molecule has 24 heavy (non-hydrogen) atoms. The number of hydrogen-bond donors (Lipinski definition) is 1. The lowest BCUT2D eigenvalue weighted by Crippen LogP contribution is -2.45. The Morgan fingerprint density at radius 2 is 1.96 bits per heavy atom. The lowest BCUT2D eigenvalue weighted by Gasteiger charge is -2.24. The van der Waals surface area contributed by atoms with Crippen LogP contribution in [0.2, 0.25) is 0 Å². The number of carbonyl (C=O) groups is 2. The Hall–Kier alpha value is -2.61. The predicted molar refractivity (Wildman–Crippen MR) is 93.2 cm³/mol. The summed E-state index contributed by atoms with van der Waals surface area (Å²) in [6.45, 7) is 9.00. The molecule has 1 rings (SSSR count). The molecule has 0 spiro atoms. The van der Waals surface area contributed by atoms with Crippen LogP contribution in [0.4, 0.5) is 4.79 Å². The number of amides is 1. The van der Waals surface area contributed by atoms with Crippen LogP contribution in [-0.2, 0) is 9.53 Å². The highest BCUT2D eigenvalue weighted by molar-refractivity contribution is 5.99. The fourth-order valence-corrected chi connectivity index (χ4v) is 1.99. The van der Waals surface area contributed by atoms with Gasteiger partial charge in [-0.1, -0.05) is 32.1 Å². The van der Waals surface area contributed by atoms with E-state index in [9.17, 15) is 9.59 Å². The molecule has 128 valence electrons. The van der Waals surface area contributed by atoms with Crippen LogP contribution < -0.4 is 5.32 Å². The van der Waals surface area contributed by atoms with E-state index in [0.29, 0.717) is 5.56 Å². The number of nitriles is 1. The number of carbonyl (C=O) groups excluding carboxylic acids is 2. The number of nitrogens with zero attached hydrogens (tertiary/aromatic N) is 1. The van der Waals surface area contributed by atoms with Crippen LogP contribution in [0.3, 0.4) is 0 Å². The van der Waals surface area contributed by atoms with Gasteiger partial charge in [0.1, 0.15) is 5.60 Å². The first kappa shape index (κ1) is 19.4. The molecule has 1 amide bonds. The zero-order valence-corrected chi connectivity index (χ0v) is 14.8. The van der Waals surface area contributed by atoms with Crippen molar-refractivity contribution >= 4 is 18.0 Å². The molecule has 0 aliphatic heterocycles. The zero-order valence-electron chi connectivity index (χ0n) is 14.8. The predicted octanol–water partition coefficient (Wildman–Crippen LogP) is 3.69. The lowest BCUT2D eigenvalue weighted by molar-refractivity contribution is -0.117. The summed E-state index contributed by atoms with van der Waals surface area (Å²) in [5, 5.41) is 11.5. The highest BCUT2D eigenvalue weighted by atomic mass is 16.6. The second-order valence-corrected chi connectivity index (χ2v) is 6.84. The number of benzene rings is 1. The number of ketones is 1. The standard InChI is InChI=1S/C19H24N2O3/c1-13(2)17(21-18(23)24-19(3,4)5)16(22)10-9-14-7-6-8-15(11-14)12-20/h6-11,13,17H,1-5H3,(H,21,23)/t17-/m1/s1. The van der Waals surface area contributed by atoms with E-state index in [1.807, 2.05) is 13.8 Å². The van der Waals surface area contributed by atoms with Gasteiger partial charge in [-0.3, -0.25) is 4.79 Å². The van der Waals surface area contributed by atoms with Gasteiger partial charge in [0.05, 0.1) is 17.7 Å². The summed E-state index contributed by atoms with van der Waals surface area (Å²) in [5.41, 5.74) is 0.654. The molecule has 0 bridgehead atoms. The smallest absolute Gasteiger partial charge is 0.408 e. The van der Waals surface area contributed by atoms with Gasteiger partial charge < -0.3 is 10.1 Å². The minimum atomic E-state index is -0.671. The molecule has 1 aromatic rings. The highest BCUT2D eigenvalue weighted by Gasteiger charge is 2.25. The molecule has 0 heterocycles. The molecule has 0 radical (unpaired) electrons. The molecule has 0 unspecified atom stereocenters. The van der Waals surface area contributed by atoms with Crippen molar-refractivity contribution in [3.8, 4) is 6.07 Å². The van der Waals surface area contributed by atoms with Crippen molar-refractivity contribution in [1.29, 1.82) is 5.26 Å². The number of rotatable bonds is 5. The van der Waals surface area contributed by atoms with Gasteiger partial charge in [0.15, 0.2) is 5.78 Å². The number of ether oxygens (including phenoxy) is 1. The van der Waals surface area contributed by atoms with Crippen molar-refractivity contribution in [2.75, 3.05) is 0 Å². The van der Waals surface area contributed by atoms with E-state index in [1.165, 1.54) is 6.08 Å². The summed E-state index contributed by atoms with van der Waals surface area (Å²) >= 11 is 0. The Morgan fingerprint density at radius 3 is 2.50 bits per heavy atom. The van der Waals surface area contributed by atoms with Crippen molar-refractivity contribution in [3.05, 3.63) is 41.5 Å². The van der Waals surface area contributed by atoms with Crippen LogP contribution in [0.15, 0.2) is 30.3 Å². The third-order valence-electron chi connectivity index (χ3n) is 3.10. The molecular weight excluding hydrogens is 304 g/mol. The quantitative estimate of drug-likeness (QED) is 0.836. The largest absolute Gasteiger partial charge is 0.444 e. The van der Waals surface area contributed by atoms with Crippen molar-refractivity contribution in [2.45, 2.75) is 46.3 Å². The Bertz CT molecular complexity index is 664. The Morgan fingerprint density at radius 1 is 1.29 bits per heavy atom. The molecule has 0 aromatic heterocycles. The van der Waals surface area contributed by atoms with Crippen LogP contribution in [0.5, 0.6) is 0 Å². The zero-order chi connectivity index (χ0) is 18.3. The van der Waals surface area contributed by atoms with Gasteiger partial charge in [-0.15, -0.1) is 0 Å². The topological polar surface area (TPSA) is 79.2 Å². The van der Waals surface area contributed by atoms with E-state index < -0.39 is 17.7 Å².